The number of carbonyl (C=O) groups is 1. The number of unbranched alkanes of at least 4 members (excludes halogenated alkanes) is 14. The molecule has 42 heavy (non-hydrogen) atoms. The average Bonchev–Trinajstić information content (AvgIpc) is 3.45. The van der Waals surface area contributed by atoms with Crippen molar-refractivity contribution in [3.63, 3.8) is 0 Å². The monoisotopic (exact) mass is 590 g/mol. The van der Waals surface area contributed by atoms with E-state index in [1.807, 2.05) is 4.68 Å². The zero-order valence-corrected chi connectivity index (χ0v) is 28.6. The van der Waals surface area contributed by atoms with E-state index in [1.54, 1.807) is 0 Å². The summed E-state index contributed by atoms with van der Waals surface area (Å²) in [5.74, 6) is 0.444. The minimum atomic E-state index is 0.181. The van der Waals surface area contributed by atoms with Crippen LogP contribution in [0.5, 0.6) is 0 Å². The number of aryl methyl sites for hydroxylation is 1. The Hall–Kier alpha value is -1.43. The van der Waals surface area contributed by atoms with Gasteiger partial charge in [0, 0.05) is 44.2 Å². The zero-order chi connectivity index (χ0) is 30.5. The lowest BCUT2D eigenvalue weighted by Gasteiger charge is -2.18. The van der Waals surface area contributed by atoms with Crippen molar-refractivity contribution in [3.05, 3.63) is 11.9 Å². The summed E-state index contributed by atoms with van der Waals surface area (Å²) in [4.78, 5) is 12.9. The second-order valence-corrected chi connectivity index (χ2v) is 12.8. The first-order chi connectivity index (χ1) is 20.6. The fraction of sp³-hybridized carbons (Fsp3) is 0.917. The predicted molar refractivity (Wildman–Crippen MR) is 181 cm³/mol. The third kappa shape index (κ3) is 21.3. The van der Waals surface area contributed by atoms with Crippen LogP contribution in [0.3, 0.4) is 0 Å². The highest BCUT2D eigenvalue weighted by Gasteiger charge is 2.17. The van der Waals surface area contributed by atoms with Crippen LogP contribution in [-0.2, 0) is 17.8 Å². The van der Waals surface area contributed by atoms with Crippen LogP contribution in [0.15, 0.2) is 6.20 Å². The molecule has 0 aliphatic carbocycles. The fourth-order valence-electron chi connectivity index (χ4n) is 5.94. The molecule has 6 nitrogen and oxygen atoms in total. The van der Waals surface area contributed by atoms with Crippen LogP contribution in [0.1, 0.15) is 181 Å². The lowest BCUT2D eigenvalue weighted by Crippen LogP contribution is -2.32. The van der Waals surface area contributed by atoms with Crippen LogP contribution in [0.4, 0.5) is 0 Å². The van der Waals surface area contributed by atoms with Gasteiger partial charge in [0.2, 0.25) is 5.91 Å². The van der Waals surface area contributed by atoms with E-state index in [-0.39, 0.29) is 11.8 Å². The predicted octanol–water partition coefficient (Wildman–Crippen LogP) is 9.56. The summed E-state index contributed by atoms with van der Waals surface area (Å²) in [6, 6.07) is 0.633. The molecule has 0 radical (unpaired) electrons. The van der Waals surface area contributed by atoms with Gasteiger partial charge in [0.1, 0.15) is 0 Å². The van der Waals surface area contributed by atoms with Gasteiger partial charge in [-0.05, 0) is 32.1 Å². The van der Waals surface area contributed by atoms with Gasteiger partial charge in [-0.2, -0.15) is 0 Å². The Balaban J connectivity index is 2.36. The maximum absolute atomic E-state index is 12.9. The second-order valence-electron chi connectivity index (χ2n) is 12.8. The number of amides is 1. The number of nitrogens with one attached hydrogen (secondary N) is 2. The molecule has 1 rings (SSSR count). The lowest BCUT2D eigenvalue weighted by atomic mass is 9.93. The fourth-order valence-corrected chi connectivity index (χ4v) is 5.94. The number of hydrogen-bond donors (Lipinski definition) is 2. The van der Waals surface area contributed by atoms with Crippen molar-refractivity contribution in [1.82, 2.24) is 25.6 Å². The second kappa shape index (κ2) is 28.3. The van der Waals surface area contributed by atoms with Crippen LogP contribution in [0.2, 0.25) is 0 Å². The topological polar surface area (TPSA) is 71.8 Å². The first kappa shape index (κ1) is 38.6. The van der Waals surface area contributed by atoms with Crippen molar-refractivity contribution in [1.29, 1.82) is 0 Å². The Morgan fingerprint density at radius 3 is 1.71 bits per heavy atom. The van der Waals surface area contributed by atoms with E-state index in [1.165, 1.54) is 128 Å². The van der Waals surface area contributed by atoms with Crippen LogP contribution in [0, 0.1) is 5.92 Å². The molecule has 0 fully saturated rings. The van der Waals surface area contributed by atoms with Gasteiger partial charge in [0.15, 0.2) is 0 Å². The molecule has 0 unspecified atom stereocenters. The molecule has 2 N–H and O–H groups in total. The third-order valence-electron chi connectivity index (χ3n) is 8.76. The Morgan fingerprint density at radius 1 is 0.667 bits per heavy atom. The Labute approximate surface area is 261 Å². The average molecular weight is 590 g/mol. The van der Waals surface area contributed by atoms with Crippen LogP contribution < -0.4 is 10.6 Å². The smallest absolute Gasteiger partial charge is 0.223 e. The SMILES string of the molecule is CCCCCCCC(CCCCCCC)NCCc1cn(CCCNC(=O)C(CCCCCC)CCCCCC)nn1. The Kier molecular flexibility index (Phi) is 26.0. The van der Waals surface area contributed by atoms with Crippen molar-refractivity contribution >= 4 is 5.91 Å². The van der Waals surface area contributed by atoms with E-state index < -0.39 is 0 Å². The molecule has 0 saturated heterocycles. The molecule has 0 atom stereocenters. The molecule has 1 amide bonds. The van der Waals surface area contributed by atoms with Gasteiger partial charge >= 0.3 is 0 Å². The van der Waals surface area contributed by atoms with Gasteiger partial charge in [0.25, 0.3) is 0 Å². The molecule has 1 aromatic rings. The number of nitrogens with zero attached hydrogens (tertiary/aromatic N) is 3. The van der Waals surface area contributed by atoms with Crippen molar-refractivity contribution in [3.8, 4) is 0 Å². The molecule has 6 heteroatoms. The standard InChI is InChI=1S/C36H71N5O/c1-5-9-13-17-21-26-34(27-22-18-14-10-6-2)37-30-28-35-32-41(40-39-35)31-23-29-38-36(42)33(24-19-15-11-7-3)25-20-16-12-8-4/h32-34,37H,5-31H2,1-4H3,(H,38,42). The van der Waals surface area contributed by atoms with Crippen LogP contribution in [-0.4, -0.2) is 40.0 Å². The lowest BCUT2D eigenvalue weighted by molar-refractivity contribution is -0.125. The van der Waals surface area contributed by atoms with E-state index in [2.05, 4.69) is 54.8 Å². The molecule has 0 aromatic carbocycles. The number of hydrogen-bond acceptors (Lipinski definition) is 4. The summed E-state index contributed by atoms with van der Waals surface area (Å²) < 4.78 is 1.95. The van der Waals surface area contributed by atoms with Gasteiger partial charge in [-0.25, -0.2) is 0 Å². The van der Waals surface area contributed by atoms with Gasteiger partial charge in [-0.1, -0.05) is 148 Å². The summed E-state index contributed by atoms with van der Waals surface area (Å²) in [5, 5.41) is 15.9. The summed E-state index contributed by atoms with van der Waals surface area (Å²) in [6.45, 7) is 11.6. The maximum atomic E-state index is 12.9. The van der Waals surface area contributed by atoms with E-state index in [0.717, 1.165) is 44.5 Å². The molecule has 0 bridgehead atoms. The molecule has 0 aliphatic heterocycles. The quantitative estimate of drug-likeness (QED) is 0.0846. The van der Waals surface area contributed by atoms with E-state index in [4.69, 9.17) is 0 Å². The molecule has 1 aromatic heterocycles. The summed E-state index contributed by atoms with van der Waals surface area (Å²) in [6.07, 6.45) is 32.0. The van der Waals surface area contributed by atoms with Gasteiger partial charge in [0.05, 0.1) is 5.69 Å². The summed E-state index contributed by atoms with van der Waals surface area (Å²) in [7, 11) is 0. The van der Waals surface area contributed by atoms with Gasteiger partial charge in [-0.15, -0.1) is 5.10 Å². The van der Waals surface area contributed by atoms with E-state index in [0.29, 0.717) is 12.6 Å². The zero-order valence-electron chi connectivity index (χ0n) is 28.6. The largest absolute Gasteiger partial charge is 0.356 e. The number of rotatable bonds is 31. The first-order valence-electron chi connectivity index (χ1n) is 18.5. The molecule has 246 valence electrons. The highest BCUT2D eigenvalue weighted by molar-refractivity contribution is 5.78. The molecular weight excluding hydrogens is 518 g/mol. The van der Waals surface area contributed by atoms with Crippen molar-refractivity contribution < 1.29 is 4.79 Å². The third-order valence-corrected chi connectivity index (χ3v) is 8.76. The number of carbonyl (C=O) groups excluding carboxylic acids is 1. The maximum Gasteiger partial charge on any atom is 0.223 e. The van der Waals surface area contributed by atoms with Crippen molar-refractivity contribution in [2.75, 3.05) is 13.1 Å². The highest BCUT2D eigenvalue weighted by atomic mass is 16.1. The normalized spacial score (nSPS) is 11.7. The van der Waals surface area contributed by atoms with Crippen molar-refractivity contribution in [2.45, 2.75) is 194 Å². The highest BCUT2D eigenvalue weighted by Crippen LogP contribution is 2.19. The van der Waals surface area contributed by atoms with Gasteiger partial charge in [-0.3, -0.25) is 9.48 Å². The van der Waals surface area contributed by atoms with Crippen LogP contribution >= 0.6 is 0 Å². The number of aromatic nitrogens is 3. The molecule has 0 saturated carbocycles. The summed E-state index contributed by atoms with van der Waals surface area (Å²) >= 11 is 0. The minimum Gasteiger partial charge on any atom is -0.356 e. The Morgan fingerprint density at radius 2 is 1.17 bits per heavy atom. The minimum absolute atomic E-state index is 0.181. The molecule has 0 aliphatic rings. The summed E-state index contributed by atoms with van der Waals surface area (Å²) in [5.41, 5.74) is 1.07. The van der Waals surface area contributed by atoms with E-state index in [9.17, 15) is 4.79 Å². The van der Waals surface area contributed by atoms with E-state index >= 15 is 0 Å². The molecule has 0 spiro atoms. The molecule has 1 heterocycles. The Bertz CT molecular complexity index is 695. The molecular formula is C36H71N5O. The van der Waals surface area contributed by atoms with Crippen LogP contribution in [0.25, 0.3) is 0 Å². The van der Waals surface area contributed by atoms with Gasteiger partial charge < -0.3 is 10.6 Å². The van der Waals surface area contributed by atoms with Crippen molar-refractivity contribution in [2.24, 2.45) is 5.92 Å². The first-order valence-corrected chi connectivity index (χ1v) is 18.5.